The molecule has 2 aromatic rings. The van der Waals surface area contributed by atoms with Crippen molar-refractivity contribution in [3.05, 3.63) is 65.6 Å². The van der Waals surface area contributed by atoms with E-state index >= 15 is 0 Å². The monoisotopic (exact) mass is 267 g/mol. The fourth-order valence-corrected chi connectivity index (χ4v) is 2.84. The van der Waals surface area contributed by atoms with E-state index in [1.165, 1.54) is 36.8 Å². The molecule has 1 aromatic carbocycles. The molecule has 2 heteroatoms. The van der Waals surface area contributed by atoms with E-state index in [-0.39, 0.29) is 0 Å². The molecule has 1 saturated carbocycles. The zero-order valence-corrected chi connectivity index (χ0v) is 11.7. The van der Waals surface area contributed by atoms with Gasteiger partial charge in [-0.25, -0.2) is 0 Å². The van der Waals surface area contributed by atoms with Crippen molar-refractivity contribution in [1.29, 1.82) is 0 Å². The number of hydrogen-bond acceptors (Lipinski definition) is 2. The lowest BCUT2D eigenvalue weighted by molar-refractivity contribution is 0.420. The summed E-state index contributed by atoms with van der Waals surface area (Å²) in [6.45, 7) is 0.809. The Labute approximate surface area is 120 Å². The molecule has 1 aromatic heterocycles. The van der Waals surface area contributed by atoms with Gasteiger partial charge in [-0.1, -0.05) is 48.4 Å². The molecule has 1 heterocycles. The Balaban J connectivity index is 1.69. The SMILES string of the molecule is C(=C1\CCCCC1NCc1ccco1)/c1ccccc1. The van der Waals surface area contributed by atoms with Gasteiger partial charge in [0.2, 0.25) is 0 Å². The minimum absolute atomic E-state index is 0.481. The van der Waals surface area contributed by atoms with E-state index in [4.69, 9.17) is 4.42 Å². The third-order valence-corrected chi connectivity index (χ3v) is 3.91. The second kappa shape index (κ2) is 6.58. The summed E-state index contributed by atoms with van der Waals surface area (Å²) < 4.78 is 5.40. The molecule has 1 N–H and O–H groups in total. The molecule has 1 atom stereocenters. The summed E-state index contributed by atoms with van der Waals surface area (Å²) in [5.41, 5.74) is 2.82. The van der Waals surface area contributed by atoms with Crippen molar-refractivity contribution in [3.8, 4) is 0 Å². The summed E-state index contributed by atoms with van der Waals surface area (Å²) in [4.78, 5) is 0. The summed E-state index contributed by atoms with van der Waals surface area (Å²) in [6.07, 6.45) is 9.11. The van der Waals surface area contributed by atoms with Crippen LogP contribution in [0.2, 0.25) is 0 Å². The Morgan fingerprint density at radius 3 is 2.80 bits per heavy atom. The minimum atomic E-state index is 0.481. The van der Waals surface area contributed by atoms with Crippen LogP contribution < -0.4 is 5.32 Å². The van der Waals surface area contributed by atoms with Gasteiger partial charge in [0.15, 0.2) is 0 Å². The Kier molecular flexibility index (Phi) is 4.34. The third kappa shape index (κ3) is 3.40. The summed E-state index contributed by atoms with van der Waals surface area (Å²) in [5, 5.41) is 3.63. The molecule has 1 aliphatic rings. The molecule has 0 saturated heterocycles. The Bertz CT molecular complexity index is 542. The second-order valence-corrected chi connectivity index (χ2v) is 5.39. The molecule has 0 amide bonds. The van der Waals surface area contributed by atoms with E-state index in [1.54, 1.807) is 6.26 Å². The summed E-state index contributed by atoms with van der Waals surface area (Å²) in [7, 11) is 0. The maximum absolute atomic E-state index is 5.40. The van der Waals surface area contributed by atoms with Gasteiger partial charge in [0, 0.05) is 6.04 Å². The van der Waals surface area contributed by atoms with Crippen molar-refractivity contribution in [1.82, 2.24) is 5.32 Å². The Morgan fingerprint density at radius 2 is 2.00 bits per heavy atom. The first-order chi connectivity index (χ1) is 9.92. The van der Waals surface area contributed by atoms with Crippen LogP contribution in [-0.2, 0) is 6.54 Å². The van der Waals surface area contributed by atoms with Gasteiger partial charge in [0.25, 0.3) is 0 Å². The predicted octanol–water partition coefficient (Wildman–Crippen LogP) is 4.40. The molecule has 0 spiro atoms. The molecule has 0 aliphatic heterocycles. The number of hydrogen-bond donors (Lipinski definition) is 1. The van der Waals surface area contributed by atoms with Crippen LogP contribution in [0.4, 0.5) is 0 Å². The zero-order valence-electron chi connectivity index (χ0n) is 11.7. The summed E-state index contributed by atoms with van der Waals surface area (Å²) >= 11 is 0. The molecular weight excluding hydrogens is 246 g/mol. The van der Waals surface area contributed by atoms with Gasteiger partial charge >= 0.3 is 0 Å². The maximum atomic E-state index is 5.40. The van der Waals surface area contributed by atoms with Crippen LogP contribution in [0.25, 0.3) is 6.08 Å². The minimum Gasteiger partial charge on any atom is -0.468 e. The van der Waals surface area contributed by atoms with Gasteiger partial charge in [-0.15, -0.1) is 0 Å². The first kappa shape index (κ1) is 13.2. The fourth-order valence-electron chi connectivity index (χ4n) is 2.84. The lowest BCUT2D eigenvalue weighted by Crippen LogP contribution is -2.32. The summed E-state index contributed by atoms with van der Waals surface area (Å²) in [5.74, 6) is 1.01. The van der Waals surface area contributed by atoms with Crippen molar-refractivity contribution in [2.45, 2.75) is 38.3 Å². The fraction of sp³-hybridized carbons (Fsp3) is 0.333. The molecule has 1 unspecified atom stereocenters. The van der Waals surface area contributed by atoms with E-state index < -0.39 is 0 Å². The maximum Gasteiger partial charge on any atom is 0.117 e. The number of furan rings is 1. The molecule has 20 heavy (non-hydrogen) atoms. The summed E-state index contributed by atoms with van der Waals surface area (Å²) in [6, 6.07) is 15.1. The topological polar surface area (TPSA) is 25.2 Å². The van der Waals surface area contributed by atoms with Gasteiger partial charge in [0.1, 0.15) is 5.76 Å². The van der Waals surface area contributed by atoms with Crippen molar-refractivity contribution >= 4 is 6.08 Å². The molecule has 2 nitrogen and oxygen atoms in total. The quantitative estimate of drug-likeness (QED) is 0.888. The lowest BCUT2D eigenvalue weighted by Gasteiger charge is -2.26. The molecule has 1 fully saturated rings. The number of nitrogens with one attached hydrogen (secondary N) is 1. The normalized spacial score (nSPS) is 21.2. The van der Waals surface area contributed by atoms with Gasteiger partial charge < -0.3 is 9.73 Å². The van der Waals surface area contributed by atoms with E-state index in [0.717, 1.165) is 12.3 Å². The van der Waals surface area contributed by atoms with E-state index in [0.29, 0.717) is 6.04 Å². The van der Waals surface area contributed by atoms with Crippen LogP contribution in [0.1, 0.15) is 37.0 Å². The average Bonchev–Trinajstić information content (AvgIpc) is 3.01. The number of rotatable bonds is 4. The smallest absolute Gasteiger partial charge is 0.117 e. The van der Waals surface area contributed by atoms with Crippen molar-refractivity contribution in [3.63, 3.8) is 0 Å². The zero-order chi connectivity index (χ0) is 13.6. The molecular formula is C18H21NO. The Morgan fingerprint density at radius 1 is 1.10 bits per heavy atom. The number of benzene rings is 1. The molecule has 0 radical (unpaired) electrons. The second-order valence-electron chi connectivity index (χ2n) is 5.39. The highest BCUT2D eigenvalue weighted by molar-refractivity contribution is 5.54. The lowest BCUT2D eigenvalue weighted by atomic mass is 9.88. The first-order valence-corrected chi connectivity index (χ1v) is 7.43. The predicted molar refractivity (Wildman–Crippen MR) is 82.2 cm³/mol. The highest BCUT2D eigenvalue weighted by Crippen LogP contribution is 2.26. The molecule has 1 aliphatic carbocycles. The highest BCUT2D eigenvalue weighted by Gasteiger charge is 2.18. The van der Waals surface area contributed by atoms with Crippen LogP contribution in [0.3, 0.4) is 0 Å². The van der Waals surface area contributed by atoms with Crippen molar-refractivity contribution in [2.24, 2.45) is 0 Å². The van der Waals surface area contributed by atoms with Crippen LogP contribution >= 0.6 is 0 Å². The van der Waals surface area contributed by atoms with Gasteiger partial charge in [-0.05, 0) is 37.0 Å². The van der Waals surface area contributed by atoms with Gasteiger partial charge in [-0.2, -0.15) is 0 Å². The van der Waals surface area contributed by atoms with E-state index in [2.05, 4.69) is 41.7 Å². The largest absolute Gasteiger partial charge is 0.468 e. The van der Waals surface area contributed by atoms with Crippen LogP contribution in [-0.4, -0.2) is 6.04 Å². The average molecular weight is 267 g/mol. The van der Waals surface area contributed by atoms with Crippen LogP contribution in [0.5, 0.6) is 0 Å². The van der Waals surface area contributed by atoms with E-state index in [1.807, 2.05) is 12.1 Å². The molecule has 104 valence electrons. The molecule has 0 bridgehead atoms. The van der Waals surface area contributed by atoms with Gasteiger partial charge in [-0.3, -0.25) is 0 Å². The Hall–Kier alpha value is -1.80. The van der Waals surface area contributed by atoms with Crippen molar-refractivity contribution < 1.29 is 4.42 Å². The molecule has 3 rings (SSSR count). The highest BCUT2D eigenvalue weighted by atomic mass is 16.3. The van der Waals surface area contributed by atoms with Crippen LogP contribution in [0.15, 0.2) is 58.7 Å². The standard InChI is InChI=1S/C18H21NO/c1-2-7-15(8-3-1)13-16-9-4-5-11-18(16)19-14-17-10-6-12-20-17/h1-3,6-8,10,12-13,18-19H,4-5,9,11,14H2/b16-13-. The van der Waals surface area contributed by atoms with E-state index in [9.17, 15) is 0 Å². The van der Waals surface area contributed by atoms with Gasteiger partial charge in [0.05, 0.1) is 12.8 Å². The first-order valence-electron chi connectivity index (χ1n) is 7.43. The third-order valence-electron chi connectivity index (χ3n) is 3.91. The van der Waals surface area contributed by atoms with Crippen molar-refractivity contribution in [2.75, 3.05) is 0 Å². The van der Waals surface area contributed by atoms with Crippen LogP contribution in [0, 0.1) is 0 Å².